The van der Waals surface area contributed by atoms with Crippen LogP contribution in [0.1, 0.15) is 23.5 Å². The zero-order valence-electron chi connectivity index (χ0n) is 7.10. The van der Waals surface area contributed by atoms with E-state index in [0.29, 0.717) is 17.5 Å². The maximum absolute atomic E-state index is 8.56. The van der Waals surface area contributed by atoms with Crippen molar-refractivity contribution in [3.63, 3.8) is 0 Å². The number of nitrogens with two attached hydrogens (primary N) is 1. The Morgan fingerprint density at radius 2 is 1.85 bits per heavy atom. The average Bonchev–Trinajstić information content (AvgIpc) is 2.83. The van der Waals surface area contributed by atoms with Gasteiger partial charge in [-0.05, 0) is 24.1 Å². The van der Waals surface area contributed by atoms with E-state index in [0.717, 1.165) is 6.42 Å². The molecular formula is C10H11ClN2. The Morgan fingerprint density at radius 3 is 2.23 bits per heavy atom. The van der Waals surface area contributed by atoms with E-state index in [-0.39, 0.29) is 12.4 Å². The van der Waals surface area contributed by atoms with Gasteiger partial charge in [0.1, 0.15) is 0 Å². The molecule has 0 spiro atoms. The first kappa shape index (κ1) is 10.0. The van der Waals surface area contributed by atoms with Crippen molar-refractivity contribution in [1.29, 1.82) is 5.26 Å². The Labute approximate surface area is 83.8 Å². The van der Waals surface area contributed by atoms with E-state index >= 15 is 0 Å². The number of benzene rings is 1. The third-order valence-corrected chi connectivity index (χ3v) is 2.31. The van der Waals surface area contributed by atoms with Gasteiger partial charge < -0.3 is 5.73 Å². The molecule has 13 heavy (non-hydrogen) atoms. The van der Waals surface area contributed by atoms with Crippen LogP contribution in [0.4, 0.5) is 0 Å². The van der Waals surface area contributed by atoms with Crippen molar-refractivity contribution in [3.8, 4) is 6.07 Å². The van der Waals surface area contributed by atoms with E-state index in [2.05, 4.69) is 6.07 Å². The lowest BCUT2D eigenvalue weighted by Gasteiger charge is -1.96. The summed E-state index contributed by atoms with van der Waals surface area (Å²) < 4.78 is 0. The van der Waals surface area contributed by atoms with E-state index in [9.17, 15) is 0 Å². The van der Waals surface area contributed by atoms with Gasteiger partial charge in [0.2, 0.25) is 0 Å². The quantitative estimate of drug-likeness (QED) is 0.741. The van der Waals surface area contributed by atoms with Crippen LogP contribution in [0, 0.1) is 11.3 Å². The minimum Gasteiger partial charge on any atom is -0.327 e. The SMILES string of the molecule is Cl.N#Cc1ccc([C@@H]2C[C@H]2N)cc1. The van der Waals surface area contributed by atoms with E-state index in [1.165, 1.54) is 5.56 Å². The van der Waals surface area contributed by atoms with Crippen LogP contribution in [0.25, 0.3) is 0 Å². The van der Waals surface area contributed by atoms with Gasteiger partial charge in [-0.2, -0.15) is 5.26 Å². The highest BCUT2D eigenvalue weighted by Gasteiger charge is 2.34. The van der Waals surface area contributed by atoms with Crippen LogP contribution >= 0.6 is 12.4 Å². The maximum atomic E-state index is 8.56. The second-order valence-electron chi connectivity index (χ2n) is 3.24. The van der Waals surface area contributed by atoms with Gasteiger partial charge in [-0.15, -0.1) is 12.4 Å². The van der Waals surface area contributed by atoms with Gasteiger partial charge >= 0.3 is 0 Å². The minimum absolute atomic E-state index is 0. The topological polar surface area (TPSA) is 49.8 Å². The van der Waals surface area contributed by atoms with Crippen LogP contribution in [0.3, 0.4) is 0 Å². The van der Waals surface area contributed by atoms with Gasteiger partial charge in [-0.3, -0.25) is 0 Å². The first-order valence-electron chi connectivity index (χ1n) is 4.07. The predicted octanol–water partition coefficient (Wildman–Crippen LogP) is 1.79. The molecule has 0 heterocycles. The lowest BCUT2D eigenvalue weighted by molar-refractivity contribution is 0.990. The zero-order valence-corrected chi connectivity index (χ0v) is 7.92. The summed E-state index contributed by atoms with van der Waals surface area (Å²) in [5, 5.41) is 8.56. The van der Waals surface area contributed by atoms with Crippen LogP contribution in [0.5, 0.6) is 0 Å². The van der Waals surface area contributed by atoms with Crippen molar-refractivity contribution in [2.75, 3.05) is 0 Å². The summed E-state index contributed by atoms with van der Waals surface area (Å²) in [5.74, 6) is 0.540. The first-order valence-corrected chi connectivity index (χ1v) is 4.07. The summed E-state index contributed by atoms with van der Waals surface area (Å²) >= 11 is 0. The summed E-state index contributed by atoms with van der Waals surface area (Å²) in [6, 6.07) is 10.1. The summed E-state index contributed by atoms with van der Waals surface area (Å²) in [6.07, 6.45) is 1.09. The monoisotopic (exact) mass is 194 g/mol. The highest BCUT2D eigenvalue weighted by atomic mass is 35.5. The molecule has 0 radical (unpaired) electrons. The number of nitriles is 1. The Morgan fingerprint density at radius 1 is 1.31 bits per heavy atom. The zero-order chi connectivity index (χ0) is 8.55. The lowest BCUT2D eigenvalue weighted by atomic mass is 10.1. The van der Waals surface area contributed by atoms with E-state index in [1.807, 2.05) is 24.3 Å². The standard InChI is InChI=1S/C10H10N2.ClH/c11-6-7-1-3-8(4-2-7)9-5-10(9)12;/h1-4,9-10H,5,12H2;1H/t9-,10+;/m0./s1. The summed E-state index contributed by atoms with van der Waals surface area (Å²) in [6.45, 7) is 0. The molecule has 1 aromatic rings. The molecule has 0 aromatic heterocycles. The molecule has 0 bridgehead atoms. The van der Waals surface area contributed by atoms with Crippen molar-refractivity contribution < 1.29 is 0 Å². The molecule has 2 rings (SSSR count). The fourth-order valence-corrected chi connectivity index (χ4v) is 1.40. The molecule has 0 amide bonds. The molecule has 1 fully saturated rings. The van der Waals surface area contributed by atoms with Crippen molar-refractivity contribution >= 4 is 12.4 Å². The van der Waals surface area contributed by atoms with Crippen molar-refractivity contribution in [1.82, 2.24) is 0 Å². The number of hydrogen-bond donors (Lipinski definition) is 1. The summed E-state index contributed by atoms with van der Waals surface area (Å²) in [4.78, 5) is 0. The maximum Gasteiger partial charge on any atom is 0.0991 e. The molecule has 0 aliphatic heterocycles. The highest BCUT2D eigenvalue weighted by Crippen LogP contribution is 2.38. The molecule has 1 saturated carbocycles. The van der Waals surface area contributed by atoms with E-state index in [4.69, 9.17) is 11.0 Å². The van der Waals surface area contributed by atoms with Crippen LogP contribution in [0.15, 0.2) is 24.3 Å². The smallest absolute Gasteiger partial charge is 0.0991 e. The first-order chi connectivity index (χ1) is 5.81. The largest absolute Gasteiger partial charge is 0.327 e. The average molecular weight is 195 g/mol. The number of hydrogen-bond acceptors (Lipinski definition) is 2. The number of rotatable bonds is 1. The Bertz CT molecular complexity index is 326. The lowest BCUT2D eigenvalue weighted by Crippen LogP contribution is -2.00. The molecule has 2 nitrogen and oxygen atoms in total. The Balaban J connectivity index is 0.000000845. The second-order valence-corrected chi connectivity index (χ2v) is 3.24. The van der Waals surface area contributed by atoms with Crippen LogP contribution in [0.2, 0.25) is 0 Å². The van der Waals surface area contributed by atoms with Crippen LogP contribution in [-0.4, -0.2) is 6.04 Å². The van der Waals surface area contributed by atoms with Crippen molar-refractivity contribution in [3.05, 3.63) is 35.4 Å². The minimum atomic E-state index is 0. The molecule has 2 atom stereocenters. The van der Waals surface area contributed by atoms with Gasteiger partial charge in [0.25, 0.3) is 0 Å². The third kappa shape index (κ3) is 2.00. The van der Waals surface area contributed by atoms with Crippen LogP contribution < -0.4 is 5.73 Å². The van der Waals surface area contributed by atoms with Crippen molar-refractivity contribution in [2.45, 2.75) is 18.4 Å². The molecule has 0 unspecified atom stereocenters. The second kappa shape index (κ2) is 3.78. The molecule has 68 valence electrons. The predicted molar refractivity (Wildman–Crippen MR) is 53.7 cm³/mol. The summed E-state index contributed by atoms with van der Waals surface area (Å²) in [5.41, 5.74) is 7.69. The third-order valence-electron chi connectivity index (χ3n) is 2.31. The fraction of sp³-hybridized carbons (Fsp3) is 0.300. The van der Waals surface area contributed by atoms with E-state index < -0.39 is 0 Å². The molecule has 1 aromatic carbocycles. The van der Waals surface area contributed by atoms with E-state index in [1.54, 1.807) is 0 Å². The van der Waals surface area contributed by atoms with Gasteiger partial charge in [0.05, 0.1) is 11.6 Å². The number of halogens is 1. The molecular weight excluding hydrogens is 184 g/mol. The van der Waals surface area contributed by atoms with Gasteiger partial charge in [-0.1, -0.05) is 12.1 Å². The molecule has 0 saturated heterocycles. The Hall–Kier alpha value is -1.04. The Kier molecular flexibility index (Phi) is 2.92. The van der Waals surface area contributed by atoms with Gasteiger partial charge in [-0.25, -0.2) is 0 Å². The molecule has 2 N–H and O–H groups in total. The normalized spacial score (nSPS) is 24.3. The molecule has 1 aliphatic carbocycles. The fourth-order valence-electron chi connectivity index (χ4n) is 1.40. The molecule has 3 heteroatoms. The highest BCUT2D eigenvalue weighted by molar-refractivity contribution is 5.85. The van der Waals surface area contributed by atoms with Gasteiger partial charge in [0.15, 0.2) is 0 Å². The van der Waals surface area contributed by atoms with Crippen molar-refractivity contribution in [2.24, 2.45) is 5.73 Å². The summed E-state index contributed by atoms with van der Waals surface area (Å²) in [7, 11) is 0. The van der Waals surface area contributed by atoms with Crippen LogP contribution in [-0.2, 0) is 0 Å². The van der Waals surface area contributed by atoms with Gasteiger partial charge in [0, 0.05) is 12.0 Å². The molecule has 1 aliphatic rings. The number of nitrogens with zero attached hydrogens (tertiary/aromatic N) is 1.